The zero-order valence-corrected chi connectivity index (χ0v) is 18.1. The highest BCUT2D eigenvalue weighted by atomic mass is 32.2. The lowest BCUT2D eigenvalue weighted by molar-refractivity contribution is -0.432. The molecule has 13 nitrogen and oxygen atoms in total. The van der Waals surface area contributed by atoms with Crippen molar-refractivity contribution in [1.82, 2.24) is 0 Å². The predicted molar refractivity (Wildman–Crippen MR) is 105 cm³/mol. The Morgan fingerprint density at radius 1 is 0.731 bits per heavy atom. The number of hydrogen-bond acceptors (Lipinski definition) is 10. The molecule has 0 heterocycles. The minimum atomic E-state index is -5.39. The molecule has 0 rings (SSSR count). The van der Waals surface area contributed by atoms with Gasteiger partial charge in [0.1, 0.15) is 0 Å². The van der Waals surface area contributed by atoms with Crippen LogP contribution in [-0.4, -0.2) is 31.6 Å². The fourth-order valence-electron chi connectivity index (χ4n) is 0.644. The van der Waals surface area contributed by atoms with Crippen LogP contribution < -0.4 is 65.3 Å². The summed E-state index contributed by atoms with van der Waals surface area (Å²) in [4.78, 5) is 25.6. The van der Waals surface area contributed by atoms with Crippen LogP contribution in [0.5, 0.6) is 0 Å². The Morgan fingerprint density at radius 2 is 0.846 bits per heavy atom. The van der Waals surface area contributed by atoms with Crippen molar-refractivity contribution >= 4 is 58.6 Å². The van der Waals surface area contributed by atoms with Gasteiger partial charge in [-0.1, -0.05) is 0 Å². The fraction of sp³-hybridized carbons (Fsp3) is 0.667. The van der Waals surface area contributed by atoms with E-state index in [1.165, 1.54) is 35.3 Å². The van der Waals surface area contributed by atoms with E-state index >= 15 is 0 Å². The molecule has 0 aliphatic heterocycles. The fourth-order valence-corrected chi connectivity index (χ4v) is 1.93. The van der Waals surface area contributed by atoms with Crippen LogP contribution in [0.4, 0.5) is 0 Å². The SMILES string of the molecule is CC(N)SC(N)=[NH2+].CC(N)SC(N)=[NH2+].CC(N)SC(N)=[NH2+].O=P([O-])([O-])[O-]. The van der Waals surface area contributed by atoms with E-state index in [1.54, 1.807) is 0 Å². The first-order valence-electron chi connectivity index (χ1n) is 6.51. The molecule has 0 bridgehead atoms. The minimum absolute atomic E-state index is 0.00463. The van der Waals surface area contributed by atoms with Crippen molar-refractivity contribution in [1.29, 1.82) is 0 Å². The first-order chi connectivity index (χ1) is 11.4. The summed E-state index contributed by atoms with van der Waals surface area (Å²) in [6.45, 7) is 5.47. The van der Waals surface area contributed by atoms with Gasteiger partial charge in [0.25, 0.3) is 0 Å². The van der Waals surface area contributed by atoms with Gasteiger partial charge in [0.15, 0.2) is 0 Å². The van der Waals surface area contributed by atoms with Crippen molar-refractivity contribution in [2.75, 3.05) is 0 Å². The van der Waals surface area contributed by atoms with Gasteiger partial charge in [0.05, 0.1) is 16.1 Å². The maximum absolute atomic E-state index is 8.55. The van der Waals surface area contributed by atoms with Gasteiger partial charge in [-0.05, 0) is 56.1 Å². The topological polar surface area (TPSA) is 319 Å². The third-order valence-corrected chi connectivity index (χ3v) is 2.90. The summed E-state index contributed by atoms with van der Waals surface area (Å²) in [6, 6.07) is 0. The first-order valence-corrected chi connectivity index (χ1v) is 10.6. The van der Waals surface area contributed by atoms with Crippen molar-refractivity contribution in [2.24, 2.45) is 34.4 Å². The first kappa shape index (κ1) is 33.1. The molecule has 158 valence electrons. The van der Waals surface area contributed by atoms with Crippen LogP contribution in [0.1, 0.15) is 20.8 Å². The van der Waals surface area contributed by atoms with Gasteiger partial charge >= 0.3 is 15.5 Å². The number of hydrogen-bond donors (Lipinski definition) is 9. The molecule has 0 amide bonds. The highest BCUT2D eigenvalue weighted by Crippen LogP contribution is 2.03. The van der Waals surface area contributed by atoms with Gasteiger partial charge in [0.2, 0.25) is 0 Å². The molecular weight excluding hydrogens is 425 g/mol. The number of thioether (sulfide) groups is 3. The Morgan fingerprint density at radius 3 is 0.846 bits per heavy atom. The normalized spacial score (nSPS) is 13.1. The third-order valence-electron chi connectivity index (χ3n) is 0.966. The average molecular weight is 456 g/mol. The molecule has 18 N–H and O–H groups in total. The summed E-state index contributed by atoms with van der Waals surface area (Å²) in [5.74, 6) is 0. The van der Waals surface area contributed by atoms with Crippen molar-refractivity contribution < 1.29 is 35.5 Å². The Hall–Kier alpha value is -0.550. The van der Waals surface area contributed by atoms with E-state index in [4.69, 9.17) is 69.9 Å². The molecule has 0 aromatic carbocycles. The lowest BCUT2D eigenvalue weighted by Crippen LogP contribution is -2.44. The second kappa shape index (κ2) is 19.2. The maximum atomic E-state index is 8.55. The lowest BCUT2D eigenvalue weighted by atomic mass is 10.8. The van der Waals surface area contributed by atoms with E-state index in [-0.39, 0.29) is 16.1 Å². The molecular formula is C9H30N9O4PS3. The van der Waals surface area contributed by atoms with E-state index in [1.807, 2.05) is 20.8 Å². The maximum Gasteiger partial charge on any atom is 0.301 e. The highest BCUT2D eigenvalue weighted by Gasteiger charge is 1.99. The smallest absolute Gasteiger partial charge is 0.301 e. The molecule has 26 heavy (non-hydrogen) atoms. The van der Waals surface area contributed by atoms with Gasteiger partial charge in [-0.2, -0.15) is 7.82 Å². The van der Waals surface area contributed by atoms with Crippen molar-refractivity contribution in [2.45, 2.75) is 36.9 Å². The standard InChI is InChI=1S/3C3H9N3S.H3O4P/c3*1-2(4)7-3(5)6;1-5(2,3)4/h3*2H,4H2,1H3,(H3,5,6);(H3,1,2,3,4). The summed E-state index contributed by atoms with van der Waals surface area (Å²) < 4.78 is 8.55. The predicted octanol–water partition coefficient (Wildman–Crippen LogP) is -8.53. The summed E-state index contributed by atoms with van der Waals surface area (Å²) in [7, 11) is -5.39. The number of amidine groups is 3. The Kier molecular flexibility index (Phi) is 24.4. The number of phosphoric acid groups is 1. The van der Waals surface area contributed by atoms with Gasteiger partial charge in [-0.3, -0.25) is 33.4 Å². The summed E-state index contributed by atoms with van der Waals surface area (Å²) in [5.41, 5.74) is 31.0. The Balaban J connectivity index is -0.000000125. The Labute approximate surface area is 165 Å². The van der Waals surface area contributed by atoms with Gasteiger partial charge in [-0.25, -0.2) is 0 Å². The second-order valence-electron chi connectivity index (χ2n) is 4.12. The third kappa shape index (κ3) is 90.1. The Bertz CT molecular complexity index is 392. The van der Waals surface area contributed by atoms with E-state index in [0.29, 0.717) is 15.5 Å². The van der Waals surface area contributed by atoms with Crippen molar-refractivity contribution in [3.05, 3.63) is 0 Å². The van der Waals surface area contributed by atoms with E-state index in [0.717, 1.165) is 0 Å². The number of nitrogens with two attached hydrogens (primary N) is 9. The molecule has 0 radical (unpaired) electrons. The zero-order chi connectivity index (χ0) is 22.1. The quantitative estimate of drug-likeness (QED) is 0.0826. The zero-order valence-electron chi connectivity index (χ0n) is 14.7. The minimum Gasteiger partial charge on any atom is -0.822 e. The summed E-state index contributed by atoms with van der Waals surface area (Å²) in [6.07, 6.45) is 0. The van der Waals surface area contributed by atoms with Gasteiger partial charge in [-0.15, -0.1) is 0 Å². The van der Waals surface area contributed by atoms with Crippen molar-refractivity contribution in [3.63, 3.8) is 0 Å². The van der Waals surface area contributed by atoms with E-state index < -0.39 is 7.82 Å². The van der Waals surface area contributed by atoms with Crippen LogP contribution in [0.3, 0.4) is 0 Å². The summed E-state index contributed by atoms with van der Waals surface area (Å²) >= 11 is 3.78. The molecule has 17 heteroatoms. The molecule has 3 atom stereocenters. The number of rotatable bonds is 3. The van der Waals surface area contributed by atoms with E-state index in [2.05, 4.69) is 0 Å². The largest absolute Gasteiger partial charge is 0.822 e. The monoisotopic (exact) mass is 455 g/mol. The van der Waals surface area contributed by atoms with Crippen LogP contribution >= 0.6 is 43.1 Å². The van der Waals surface area contributed by atoms with Crippen LogP contribution in [-0.2, 0) is 4.57 Å². The van der Waals surface area contributed by atoms with Crippen LogP contribution in [0.15, 0.2) is 0 Å². The molecule has 0 spiro atoms. The molecule has 0 aliphatic rings. The molecule has 0 aromatic rings. The average Bonchev–Trinajstić information content (AvgIpc) is 2.20. The van der Waals surface area contributed by atoms with Crippen molar-refractivity contribution in [3.8, 4) is 0 Å². The van der Waals surface area contributed by atoms with E-state index in [9.17, 15) is 0 Å². The van der Waals surface area contributed by atoms with Crippen LogP contribution in [0, 0.1) is 0 Å². The van der Waals surface area contributed by atoms with Gasteiger partial charge in [0, 0.05) is 0 Å². The van der Waals surface area contributed by atoms with Crippen LogP contribution in [0.25, 0.3) is 0 Å². The molecule has 0 aromatic heterocycles. The summed E-state index contributed by atoms with van der Waals surface area (Å²) in [5, 5.41) is 16.2. The molecule has 0 fully saturated rings. The lowest BCUT2D eigenvalue weighted by Gasteiger charge is -2.36. The molecule has 0 aliphatic carbocycles. The van der Waals surface area contributed by atoms with Gasteiger partial charge < -0.3 is 36.4 Å². The molecule has 3 unspecified atom stereocenters. The van der Waals surface area contributed by atoms with Crippen LogP contribution in [0.2, 0.25) is 0 Å². The second-order valence-corrected chi connectivity index (χ2v) is 9.37. The molecule has 0 saturated heterocycles. The molecule has 0 saturated carbocycles. The highest BCUT2D eigenvalue weighted by molar-refractivity contribution is 8.14.